The van der Waals surface area contributed by atoms with Gasteiger partial charge in [0.2, 0.25) is 5.91 Å². The molecule has 31 heavy (non-hydrogen) atoms. The summed E-state index contributed by atoms with van der Waals surface area (Å²) >= 11 is 0. The third-order valence-corrected chi connectivity index (χ3v) is 5.08. The first-order chi connectivity index (χ1) is 14.8. The van der Waals surface area contributed by atoms with E-state index in [4.69, 9.17) is 15.2 Å². The summed E-state index contributed by atoms with van der Waals surface area (Å²) in [5, 5.41) is 5.64. The van der Waals surface area contributed by atoms with Crippen molar-refractivity contribution < 1.29 is 23.9 Å². The van der Waals surface area contributed by atoms with Gasteiger partial charge in [-0.25, -0.2) is 0 Å². The number of nitrogens with zero attached hydrogens (tertiary/aromatic N) is 1. The Kier molecular flexibility index (Phi) is 9.58. The second-order valence-electron chi connectivity index (χ2n) is 8.03. The molecule has 4 N–H and O–H groups in total. The molecular weight excluding hydrogens is 400 g/mol. The highest BCUT2D eigenvalue weighted by molar-refractivity contribution is 5.94. The number of nitrogens with one attached hydrogen (secondary N) is 2. The topological polar surface area (TPSA) is 123 Å². The molecule has 0 saturated carbocycles. The number of carbonyl (C=O) groups is 3. The van der Waals surface area contributed by atoms with Crippen molar-refractivity contribution in [1.82, 2.24) is 15.5 Å². The maximum atomic E-state index is 12.5. The van der Waals surface area contributed by atoms with E-state index in [2.05, 4.69) is 15.5 Å². The van der Waals surface area contributed by atoms with E-state index in [1.165, 1.54) is 7.11 Å². The van der Waals surface area contributed by atoms with Gasteiger partial charge < -0.3 is 30.7 Å². The molecule has 2 rings (SSSR count). The van der Waals surface area contributed by atoms with Crippen molar-refractivity contribution in [1.29, 1.82) is 0 Å². The van der Waals surface area contributed by atoms with Crippen LogP contribution in [0.1, 0.15) is 43.5 Å². The van der Waals surface area contributed by atoms with Crippen LogP contribution >= 0.6 is 0 Å². The lowest BCUT2D eigenvalue weighted by atomic mass is 9.97. The van der Waals surface area contributed by atoms with E-state index in [1.54, 1.807) is 18.2 Å². The molecule has 0 radical (unpaired) electrons. The number of amides is 3. The second-order valence-corrected chi connectivity index (χ2v) is 8.03. The summed E-state index contributed by atoms with van der Waals surface area (Å²) in [6, 6.07) is 4.88. The van der Waals surface area contributed by atoms with Crippen LogP contribution in [0.25, 0.3) is 0 Å². The number of carbonyl (C=O) groups excluding carboxylic acids is 3. The quantitative estimate of drug-likeness (QED) is 0.445. The van der Waals surface area contributed by atoms with E-state index in [0.717, 1.165) is 32.4 Å². The number of hydrogen-bond donors (Lipinski definition) is 3. The standard InChI is InChI=1S/C22H34N4O5/c1-15(2)25-20(27)14-31-18-8-7-16(12-19(18)30-3)22(29)24-9-5-11-26-10-4-6-17(13-26)21(23)28/h7-8,12,15,17H,4-6,9-11,13-14H2,1-3H3,(H2,23,28)(H,24,29)(H,25,27). The molecule has 9 heteroatoms. The molecule has 1 fully saturated rings. The van der Waals surface area contributed by atoms with Crippen LogP contribution in [-0.2, 0) is 9.59 Å². The number of hydrogen-bond acceptors (Lipinski definition) is 6. The first kappa shape index (κ1) is 24.5. The smallest absolute Gasteiger partial charge is 0.258 e. The van der Waals surface area contributed by atoms with Crippen molar-refractivity contribution in [3.63, 3.8) is 0 Å². The summed E-state index contributed by atoms with van der Waals surface area (Å²) in [6.45, 7) is 6.58. The fraction of sp³-hybridized carbons (Fsp3) is 0.591. The number of primary amides is 1. The molecule has 1 aromatic rings. The highest BCUT2D eigenvalue weighted by Gasteiger charge is 2.23. The normalized spacial score (nSPS) is 16.6. The van der Waals surface area contributed by atoms with Gasteiger partial charge in [-0.3, -0.25) is 14.4 Å². The van der Waals surface area contributed by atoms with Crippen LogP contribution in [0.15, 0.2) is 18.2 Å². The zero-order chi connectivity index (χ0) is 22.8. The van der Waals surface area contributed by atoms with Gasteiger partial charge in [0.1, 0.15) is 0 Å². The summed E-state index contributed by atoms with van der Waals surface area (Å²) < 4.78 is 10.8. The van der Waals surface area contributed by atoms with Crippen molar-refractivity contribution in [2.45, 2.75) is 39.2 Å². The SMILES string of the molecule is COc1cc(C(=O)NCCCN2CCCC(C(N)=O)C2)ccc1OCC(=O)NC(C)C. The number of benzene rings is 1. The molecule has 1 atom stereocenters. The fourth-order valence-corrected chi connectivity index (χ4v) is 3.53. The monoisotopic (exact) mass is 434 g/mol. The molecule has 9 nitrogen and oxygen atoms in total. The number of rotatable bonds is 11. The average Bonchev–Trinajstić information content (AvgIpc) is 2.74. The predicted molar refractivity (Wildman–Crippen MR) is 117 cm³/mol. The van der Waals surface area contributed by atoms with Crippen LogP contribution in [0.3, 0.4) is 0 Å². The molecule has 1 aliphatic heterocycles. The Balaban J connectivity index is 1.79. The lowest BCUT2D eigenvalue weighted by Gasteiger charge is -2.31. The average molecular weight is 435 g/mol. The maximum absolute atomic E-state index is 12.5. The van der Waals surface area contributed by atoms with Crippen LogP contribution in [0.5, 0.6) is 11.5 Å². The fourth-order valence-electron chi connectivity index (χ4n) is 3.53. The summed E-state index contributed by atoms with van der Waals surface area (Å²) in [4.78, 5) is 37.8. The van der Waals surface area contributed by atoms with Crippen molar-refractivity contribution in [3.8, 4) is 11.5 Å². The zero-order valence-electron chi connectivity index (χ0n) is 18.6. The van der Waals surface area contributed by atoms with Gasteiger partial charge in [-0.15, -0.1) is 0 Å². The molecule has 1 aliphatic rings. The van der Waals surface area contributed by atoms with Gasteiger partial charge in [0.25, 0.3) is 11.8 Å². The molecule has 0 aliphatic carbocycles. The molecule has 0 bridgehead atoms. The minimum absolute atomic E-state index is 0.0311. The third-order valence-electron chi connectivity index (χ3n) is 5.08. The zero-order valence-corrected chi connectivity index (χ0v) is 18.6. The predicted octanol–water partition coefficient (Wildman–Crippen LogP) is 0.916. The number of nitrogens with two attached hydrogens (primary N) is 1. The molecule has 172 valence electrons. The minimum atomic E-state index is -0.236. The summed E-state index contributed by atoms with van der Waals surface area (Å²) in [5.41, 5.74) is 5.86. The van der Waals surface area contributed by atoms with Gasteiger partial charge in [0.05, 0.1) is 13.0 Å². The number of methoxy groups -OCH3 is 1. The van der Waals surface area contributed by atoms with Crippen LogP contribution in [-0.4, -0.2) is 68.6 Å². The van der Waals surface area contributed by atoms with Gasteiger partial charge in [-0.2, -0.15) is 0 Å². The first-order valence-corrected chi connectivity index (χ1v) is 10.7. The van der Waals surface area contributed by atoms with E-state index >= 15 is 0 Å². The third kappa shape index (κ3) is 8.09. The van der Waals surface area contributed by atoms with Gasteiger partial charge in [0, 0.05) is 24.7 Å². The van der Waals surface area contributed by atoms with Crippen molar-refractivity contribution >= 4 is 17.7 Å². The summed E-state index contributed by atoms with van der Waals surface area (Å²) in [6.07, 6.45) is 2.60. The van der Waals surface area contributed by atoms with Crippen LogP contribution in [0.2, 0.25) is 0 Å². The van der Waals surface area contributed by atoms with Crippen LogP contribution < -0.4 is 25.8 Å². The lowest BCUT2D eigenvalue weighted by molar-refractivity contribution is -0.124. The molecule has 0 spiro atoms. The number of likely N-dealkylation sites (tertiary alicyclic amines) is 1. The number of piperidine rings is 1. The van der Waals surface area contributed by atoms with E-state index in [1.807, 2.05) is 13.8 Å². The first-order valence-electron chi connectivity index (χ1n) is 10.7. The van der Waals surface area contributed by atoms with Crippen molar-refractivity contribution in [3.05, 3.63) is 23.8 Å². The molecule has 1 saturated heterocycles. The van der Waals surface area contributed by atoms with Gasteiger partial charge in [-0.1, -0.05) is 0 Å². The highest BCUT2D eigenvalue weighted by Crippen LogP contribution is 2.28. The Bertz CT molecular complexity index is 768. The molecule has 1 unspecified atom stereocenters. The van der Waals surface area contributed by atoms with Gasteiger partial charge in [-0.05, 0) is 64.4 Å². The lowest BCUT2D eigenvalue weighted by Crippen LogP contribution is -2.42. The van der Waals surface area contributed by atoms with E-state index in [0.29, 0.717) is 30.2 Å². The number of ether oxygens (including phenoxy) is 2. The molecule has 1 heterocycles. The van der Waals surface area contributed by atoms with Crippen molar-refractivity contribution in [2.75, 3.05) is 39.9 Å². The van der Waals surface area contributed by atoms with Crippen LogP contribution in [0.4, 0.5) is 0 Å². The van der Waals surface area contributed by atoms with Gasteiger partial charge >= 0.3 is 0 Å². The van der Waals surface area contributed by atoms with Crippen LogP contribution in [0, 0.1) is 5.92 Å². The van der Waals surface area contributed by atoms with Gasteiger partial charge in [0.15, 0.2) is 18.1 Å². The summed E-state index contributed by atoms with van der Waals surface area (Å²) in [5.74, 6) is 0.0292. The van der Waals surface area contributed by atoms with E-state index in [9.17, 15) is 14.4 Å². The Hall–Kier alpha value is -2.81. The maximum Gasteiger partial charge on any atom is 0.258 e. The Morgan fingerprint density at radius 2 is 2.03 bits per heavy atom. The molecular formula is C22H34N4O5. The van der Waals surface area contributed by atoms with E-state index in [-0.39, 0.29) is 36.3 Å². The van der Waals surface area contributed by atoms with Crippen molar-refractivity contribution in [2.24, 2.45) is 11.7 Å². The summed E-state index contributed by atoms with van der Waals surface area (Å²) in [7, 11) is 1.48. The highest BCUT2D eigenvalue weighted by atomic mass is 16.5. The Morgan fingerprint density at radius 3 is 2.71 bits per heavy atom. The Labute approximate surface area is 183 Å². The minimum Gasteiger partial charge on any atom is -0.493 e. The van der Waals surface area contributed by atoms with E-state index < -0.39 is 0 Å². The largest absolute Gasteiger partial charge is 0.493 e. The molecule has 3 amide bonds. The molecule has 1 aromatic carbocycles. The second kappa shape index (κ2) is 12.1. The Morgan fingerprint density at radius 1 is 1.26 bits per heavy atom. The molecule has 0 aromatic heterocycles.